The summed E-state index contributed by atoms with van der Waals surface area (Å²) in [4.78, 5) is 23.3. The highest BCUT2D eigenvalue weighted by molar-refractivity contribution is 5.93. The van der Waals surface area contributed by atoms with Gasteiger partial charge in [0.15, 0.2) is 0 Å². The van der Waals surface area contributed by atoms with E-state index in [1.54, 1.807) is 18.2 Å². The Morgan fingerprint density at radius 3 is 2.58 bits per heavy atom. The van der Waals surface area contributed by atoms with Crippen LogP contribution in [0.1, 0.15) is 32.1 Å². The van der Waals surface area contributed by atoms with E-state index in [2.05, 4.69) is 16.0 Å². The molecule has 2 unspecified atom stereocenters. The normalized spacial score (nSPS) is 25.1. The van der Waals surface area contributed by atoms with Crippen LogP contribution in [-0.2, 0) is 4.79 Å². The molecule has 0 aliphatic carbocycles. The zero-order valence-corrected chi connectivity index (χ0v) is 13.8. The number of methoxy groups -OCH3 is 1. The second-order valence-corrected chi connectivity index (χ2v) is 6.63. The van der Waals surface area contributed by atoms with Gasteiger partial charge in [-0.3, -0.25) is 4.79 Å². The monoisotopic (exact) mass is 332 g/mol. The maximum absolute atomic E-state index is 12.3. The van der Waals surface area contributed by atoms with Gasteiger partial charge < -0.3 is 26.4 Å². The summed E-state index contributed by atoms with van der Waals surface area (Å²) >= 11 is 0. The number of fused-ring (bicyclic) bond motifs is 2. The Kier molecular flexibility index (Phi) is 4.89. The quantitative estimate of drug-likeness (QED) is 0.662. The number of nitrogens with two attached hydrogens (primary N) is 1. The lowest BCUT2D eigenvalue weighted by molar-refractivity contribution is -0.117. The summed E-state index contributed by atoms with van der Waals surface area (Å²) in [5, 5.41) is 8.98. The summed E-state index contributed by atoms with van der Waals surface area (Å²) in [5.74, 6) is 0.909. The predicted molar refractivity (Wildman–Crippen MR) is 92.1 cm³/mol. The number of carbonyl (C=O) groups is 2. The fourth-order valence-corrected chi connectivity index (χ4v) is 3.82. The molecule has 0 radical (unpaired) electrons. The predicted octanol–water partition coefficient (Wildman–Crippen LogP) is 2.04. The summed E-state index contributed by atoms with van der Waals surface area (Å²) in [6.07, 6.45) is 5.16. The van der Waals surface area contributed by atoms with Crippen LogP contribution in [0.25, 0.3) is 0 Å². The molecule has 2 saturated heterocycles. The molecule has 2 atom stereocenters. The van der Waals surface area contributed by atoms with Crippen LogP contribution in [0.5, 0.6) is 5.75 Å². The molecule has 5 N–H and O–H groups in total. The molecule has 3 rings (SSSR count). The van der Waals surface area contributed by atoms with Gasteiger partial charge in [-0.1, -0.05) is 0 Å². The highest BCUT2D eigenvalue weighted by Gasteiger charge is 2.34. The number of benzene rings is 1. The lowest BCUT2D eigenvalue weighted by Crippen LogP contribution is -2.39. The molecule has 1 aromatic rings. The van der Waals surface area contributed by atoms with Crippen molar-refractivity contribution in [2.45, 2.75) is 44.2 Å². The van der Waals surface area contributed by atoms with Gasteiger partial charge in [0.1, 0.15) is 5.75 Å². The minimum atomic E-state index is -0.661. The van der Waals surface area contributed by atoms with Crippen molar-refractivity contribution in [3.05, 3.63) is 18.2 Å². The van der Waals surface area contributed by atoms with Gasteiger partial charge in [-0.25, -0.2) is 4.79 Å². The van der Waals surface area contributed by atoms with Gasteiger partial charge in [-0.15, -0.1) is 0 Å². The van der Waals surface area contributed by atoms with Crippen molar-refractivity contribution in [2.24, 2.45) is 11.7 Å². The molecule has 0 spiro atoms. The second kappa shape index (κ2) is 7.09. The molecule has 2 aliphatic heterocycles. The van der Waals surface area contributed by atoms with Crippen LogP contribution < -0.4 is 26.4 Å². The molecule has 130 valence electrons. The van der Waals surface area contributed by atoms with Crippen molar-refractivity contribution >= 4 is 23.3 Å². The van der Waals surface area contributed by atoms with Crippen molar-refractivity contribution in [1.82, 2.24) is 5.32 Å². The third-order valence-corrected chi connectivity index (χ3v) is 4.79. The zero-order chi connectivity index (χ0) is 17.1. The Bertz CT molecular complexity index is 622. The number of carbonyl (C=O) groups excluding carboxylic acids is 2. The fourth-order valence-electron chi connectivity index (χ4n) is 3.82. The van der Waals surface area contributed by atoms with Crippen LogP contribution in [0.2, 0.25) is 0 Å². The molecular weight excluding hydrogens is 308 g/mol. The van der Waals surface area contributed by atoms with Crippen molar-refractivity contribution in [3.63, 3.8) is 0 Å². The van der Waals surface area contributed by atoms with Gasteiger partial charge in [-0.05, 0) is 43.7 Å². The van der Waals surface area contributed by atoms with Gasteiger partial charge in [0.2, 0.25) is 5.91 Å². The van der Waals surface area contributed by atoms with Gasteiger partial charge in [0, 0.05) is 30.3 Å². The number of nitrogens with one attached hydrogen (secondary N) is 3. The van der Waals surface area contributed by atoms with E-state index in [0.29, 0.717) is 41.5 Å². The van der Waals surface area contributed by atoms with E-state index in [-0.39, 0.29) is 5.91 Å². The Morgan fingerprint density at radius 1 is 1.25 bits per heavy atom. The first-order valence-electron chi connectivity index (χ1n) is 8.34. The average Bonchev–Trinajstić information content (AvgIpc) is 2.87. The molecule has 3 amide bonds. The number of piperidine rings is 1. The van der Waals surface area contributed by atoms with Gasteiger partial charge in [0.05, 0.1) is 12.8 Å². The zero-order valence-electron chi connectivity index (χ0n) is 13.8. The van der Waals surface area contributed by atoms with E-state index >= 15 is 0 Å². The van der Waals surface area contributed by atoms with Crippen molar-refractivity contribution in [2.75, 3.05) is 17.7 Å². The Morgan fingerprint density at radius 2 is 1.96 bits per heavy atom. The number of primary amides is 1. The summed E-state index contributed by atoms with van der Waals surface area (Å²) in [6.45, 7) is 0. The van der Waals surface area contributed by atoms with Crippen LogP contribution in [0.15, 0.2) is 18.2 Å². The molecular formula is C17H24N4O3. The number of hydrogen-bond acceptors (Lipinski definition) is 4. The molecule has 0 aromatic heterocycles. The van der Waals surface area contributed by atoms with Crippen molar-refractivity contribution < 1.29 is 14.3 Å². The molecule has 0 saturated carbocycles. The smallest absolute Gasteiger partial charge is 0.316 e. The van der Waals surface area contributed by atoms with Crippen molar-refractivity contribution in [3.8, 4) is 5.75 Å². The maximum atomic E-state index is 12.3. The third kappa shape index (κ3) is 3.97. The van der Waals surface area contributed by atoms with Gasteiger partial charge >= 0.3 is 6.03 Å². The summed E-state index contributed by atoms with van der Waals surface area (Å²) in [5.41, 5.74) is 6.23. The minimum Gasteiger partial charge on any atom is -0.494 e. The first-order valence-corrected chi connectivity index (χ1v) is 8.34. The van der Waals surface area contributed by atoms with E-state index in [4.69, 9.17) is 10.5 Å². The number of rotatable bonds is 5. The number of urea groups is 1. The molecule has 7 heteroatoms. The largest absolute Gasteiger partial charge is 0.494 e. The highest BCUT2D eigenvalue weighted by Crippen LogP contribution is 2.33. The van der Waals surface area contributed by atoms with Crippen LogP contribution in [0, 0.1) is 5.92 Å². The van der Waals surface area contributed by atoms with Crippen LogP contribution >= 0.6 is 0 Å². The molecule has 1 aromatic carbocycles. The number of hydrogen-bond donors (Lipinski definition) is 4. The summed E-state index contributed by atoms with van der Waals surface area (Å²) < 4.78 is 5.22. The summed E-state index contributed by atoms with van der Waals surface area (Å²) in [6, 6.07) is 5.56. The molecule has 24 heavy (non-hydrogen) atoms. The average molecular weight is 332 g/mol. The second-order valence-electron chi connectivity index (χ2n) is 6.63. The Balaban J connectivity index is 1.58. The van der Waals surface area contributed by atoms with E-state index in [1.165, 1.54) is 20.0 Å². The number of anilines is 2. The first-order chi connectivity index (χ1) is 11.5. The minimum absolute atomic E-state index is 0.0129. The van der Waals surface area contributed by atoms with Gasteiger partial charge in [-0.2, -0.15) is 0 Å². The molecule has 2 bridgehead atoms. The number of ether oxygens (including phenoxy) is 1. The first kappa shape index (κ1) is 16.6. The number of amides is 3. The van der Waals surface area contributed by atoms with Gasteiger partial charge in [0.25, 0.3) is 0 Å². The summed E-state index contributed by atoms with van der Waals surface area (Å²) in [7, 11) is 1.50. The van der Waals surface area contributed by atoms with E-state index in [1.807, 2.05) is 0 Å². The van der Waals surface area contributed by atoms with Crippen LogP contribution in [-0.4, -0.2) is 31.1 Å². The highest BCUT2D eigenvalue weighted by atomic mass is 16.5. The van der Waals surface area contributed by atoms with Crippen molar-refractivity contribution in [1.29, 1.82) is 0 Å². The van der Waals surface area contributed by atoms with Crippen LogP contribution in [0.3, 0.4) is 0 Å². The topological polar surface area (TPSA) is 105 Å². The Hall–Kier alpha value is -2.28. The SMILES string of the molecule is COc1cc(NC(=O)CC2CC3CCC(C2)N3)ccc1NC(N)=O. The Labute approximate surface area is 141 Å². The molecule has 2 aliphatic rings. The standard InChI is InChI=1S/C17H24N4O3/c1-24-15-9-13(4-5-14(15)21-17(18)23)20-16(22)8-10-6-11-2-3-12(7-10)19-11/h4-5,9-12,19H,2-3,6-8H2,1H3,(H,20,22)(H3,18,21,23). The van der Waals surface area contributed by atoms with E-state index in [9.17, 15) is 9.59 Å². The molecule has 2 fully saturated rings. The third-order valence-electron chi connectivity index (χ3n) is 4.79. The fraction of sp³-hybridized carbons (Fsp3) is 0.529. The molecule has 7 nitrogen and oxygen atoms in total. The van der Waals surface area contributed by atoms with E-state index < -0.39 is 6.03 Å². The van der Waals surface area contributed by atoms with E-state index in [0.717, 1.165) is 12.8 Å². The van der Waals surface area contributed by atoms with Crippen LogP contribution in [0.4, 0.5) is 16.2 Å². The maximum Gasteiger partial charge on any atom is 0.316 e. The lowest BCUT2D eigenvalue weighted by atomic mass is 9.89. The lowest BCUT2D eigenvalue weighted by Gasteiger charge is -2.28. The molecule has 2 heterocycles.